The van der Waals surface area contributed by atoms with Gasteiger partial charge in [-0.25, -0.2) is 0 Å². The monoisotopic (exact) mass is 256 g/mol. The minimum absolute atomic E-state index is 0.405. The normalized spacial score (nSPS) is 29.5. The first-order valence-corrected chi connectivity index (χ1v) is 7.44. The van der Waals surface area contributed by atoms with Gasteiger partial charge in [0, 0.05) is 24.3 Å². The van der Waals surface area contributed by atoms with Crippen LogP contribution in [0.4, 0.5) is 0 Å². The fraction of sp³-hybridized carbons (Fsp3) is 0.923. The molecule has 0 aromatic carbocycles. The van der Waals surface area contributed by atoms with E-state index < -0.39 is 0 Å². The van der Waals surface area contributed by atoms with Crippen LogP contribution in [0.5, 0.6) is 0 Å². The molecule has 98 valence electrons. The summed E-state index contributed by atoms with van der Waals surface area (Å²) in [4.78, 5) is 4.59. The zero-order chi connectivity index (χ0) is 12.3. The number of nitrogens with zero attached hydrogens (tertiary/aromatic N) is 1. The van der Waals surface area contributed by atoms with Crippen molar-refractivity contribution in [2.24, 2.45) is 16.3 Å². The van der Waals surface area contributed by atoms with E-state index in [0.717, 1.165) is 31.5 Å². The molecule has 1 saturated heterocycles. The third-order valence-electron chi connectivity index (χ3n) is 3.12. The van der Waals surface area contributed by atoms with Gasteiger partial charge in [0.2, 0.25) is 0 Å². The van der Waals surface area contributed by atoms with Crippen molar-refractivity contribution in [2.45, 2.75) is 38.9 Å². The summed E-state index contributed by atoms with van der Waals surface area (Å²) >= 11 is 1.92. The Morgan fingerprint density at radius 3 is 2.94 bits per heavy atom. The third-order valence-corrected chi connectivity index (χ3v) is 4.27. The highest BCUT2D eigenvalue weighted by Gasteiger charge is 2.25. The molecule has 0 amide bonds. The fourth-order valence-electron chi connectivity index (χ4n) is 2.28. The maximum Gasteiger partial charge on any atom is 0.156 e. The third kappa shape index (κ3) is 4.51. The first-order chi connectivity index (χ1) is 8.03. The van der Waals surface area contributed by atoms with Gasteiger partial charge in [0.25, 0.3) is 0 Å². The van der Waals surface area contributed by atoms with Crippen LogP contribution in [-0.2, 0) is 4.74 Å². The first kappa shape index (κ1) is 13.2. The summed E-state index contributed by atoms with van der Waals surface area (Å²) in [5.74, 6) is 0.681. The van der Waals surface area contributed by atoms with Gasteiger partial charge in [0.1, 0.15) is 0 Å². The lowest BCUT2D eigenvalue weighted by Crippen LogP contribution is -2.27. The number of nitrogens with one attached hydrogen (secondary N) is 1. The van der Waals surface area contributed by atoms with E-state index in [9.17, 15) is 0 Å². The minimum atomic E-state index is 0.405. The van der Waals surface area contributed by atoms with Gasteiger partial charge in [-0.15, -0.1) is 0 Å². The molecule has 0 aliphatic carbocycles. The summed E-state index contributed by atoms with van der Waals surface area (Å²) in [6, 6.07) is 0. The predicted octanol–water partition coefficient (Wildman–Crippen LogP) is 2.52. The number of aliphatic imine (C=N–C) groups is 1. The van der Waals surface area contributed by atoms with Crippen molar-refractivity contribution in [1.82, 2.24) is 5.32 Å². The quantitative estimate of drug-likeness (QED) is 0.842. The highest BCUT2D eigenvalue weighted by Crippen LogP contribution is 2.31. The molecular weight excluding hydrogens is 232 g/mol. The topological polar surface area (TPSA) is 33.6 Å². The molecule has 17 heavy (non-hydrogen) atoms. The van der Waals surface area contributed by atoms with Crippen LogP contribution in [0.3, 0.4) is 0 Å². The molecule has 2 atom stereocenters. The zero-order valence-corrected chi connectivity index (χ0v) is 12.0. The van der Waals surface area contributed by atoms with Gasteiger partial charge in [-0.3, -0.25) is 4.99 Å². The smallest absolute Gasteiger partial charge is 0.156 e. The second-order valence-electron chi connectivity index (χ2n) is 6.26. The molecule has 0 spiro atoms. The van der Waals surface area contributed by atoms with Crippen LogP contribution in [-0.4, -0.2) is 36.7 Å². The average Bonchev–Trinajstić information content (AvgIpc) is 2.82. The van der Waals surface area contributed by atoms with Crippen LogP contribution < -0.4 is 5.32 Å². The summed E-state index contributed by atoms with van der Waals surface area (Å²) in [7, 11) is 0. The zero-order valence-electron chi connectivity index (χ0n) is 11.2. The molecule has 0 bridgehead atoms. The SMILES string of the molecule is CC(C)(C)CC1CN=C(NCC2CCOC2)S1. The maximum atomic E-state index is 5.37. The first-order valence-electron chi connectivity index (χ1n) is 6.56. The van der Waals surface area contributed by atoms with Gasteiger partial charge in [0.15, 0.2) is 5.17 Å². The number of ether oxygens (including phenoxy) is 1. The van der Waals surface area contributed by atoms with Gasteiger partial charge < -0.3 is 10.1 Å². The second kappa shape index (κ2) is 5.61. The largest absolute Gasteiger partial charge is 0.381 e. The molecule has 3 nitrogen and oxygen atoms in total. The van der Waals surface area contributed by atoms with Crippen LogP contribution in [0.2, 0.25) is 0 Å². The van der Waals surface area contributed by atoms with E-state index in [4.69, 9.17) is 4.74 Å². The lowest BCUT2D eigenvalue weighted by atomic mass is 9.90. The molecular formula is C13H24N2OS. The van der Waals surface area contributed by atoms with Crippen LogP contribution >= 0.6 is 11.8 Å². The molecule has 2 aliphatic heterocycles. The van der Waals surface area contributed by atoms with Crippen LogP contribution in [0.25, 0.3) is 0 Å². The van der Waals surface area contributed by atoms with E-state index in [1.54, 1.807) is 0 Å². The molecule has 4 heteroatoms. The van der Waals surface area contributed by atoms with E-state index in [0.29, 0.717) is 16.6 Å². The van der Waals surface area contributed by atoms with E-state index in [2.05, 4.69) is 31.1 Å². The lowest BCUT2D eigenvalue weighted by Gasteiger charge is -2.21. The number of rotatable bonds is 3. The van der Waals surface area contributed by atoms with Crippen molar-refractivity contribution in [3.63, 3.8) is 0 Å². The highest BCUT2D eigenvalue weighted by atomic mass is 32.2. The van der Waals surface area contributed by atoms with Crippen molar-refractivity contribution in [3.05, 3.63) is 0 Å². The molecule has 2 unspecified atom stereocenters. The van der Waals surface area contributed by atoms with Crippen molar-refractivity contribution >= 4 is 16.9 Å². The summed E-state index contributed by atoms with van der Waals surface area (Å²) in [5, 5.41) is 5.28. The summed E-state index contributed by atoms with van der Waals surface area (Å²) < 4.78 is 5.37. The van der Waals surface area contributed by atoms with E-state index in [-0.39, 0.29) is 0 Å². The van der Waals surface area contributed by atoms with Crippen LogP contribution in [0, 0.1) is 11.3 Å². The predicted molar refractivity (Wildman–Crippen MR) is 74.7 cm³/mol. The molecule has 1 N–H and O–H groups in total. The molecule has 0 radical (unpaired) electrons. The molecule has 0 aromatic rings. The van der Waals surface area contributed by atoms with Crippen LogP contribution in [0.15, 0.2) is 4.99 Å². The van der Waals surface area contributed by atoms with Gasteiger partial charge in [-0.05, 0) is 18.3 Å². The number of amidine groups is 1. The summed E-state index contributed by atoms with van der Waals surface area (Å²) in [6.45, 7) is 10.7. The summed E-state index contributed by atoms with van der Waals surface area (Å²) in [6.07, 6.45) is 2.43. The Hall–Kier alpha value is -0.220. The van der Waals surface area contributed by atoms with Gasteiger partial charge in [-0.1, -0.05) is 32.5 Å². The Morgan fingerprint density at radius 2 is 2.29 bits per heavy atom. The van der Waals surface area contributed by atoms with Gasteiger partial charge in [0.05, 0.1) is 13.2 Å². The van der Waals surface area contributed by atoms with Crippen molar-refractivity contribution in [3.8, 4) is 0 Å². The van der Waals surface area contributed by atoms with Crippen LogP contribution in [0.1, 0.15) is 33.6 Å². The lowest BCUT2D eigenvalue weighted by molar-refractivity contribution is 0.186. The van der Waals surface area contributed by atoms with Gasteiger partial charge >= 0.3 is 0 Å². The Bertz CT molecular complexity index is 280. The van der Waals surface area contributed by atoms with Crippen molar-refractivity contribution in [2.75, 3.05) is 26.3 Å². The molecule has 0 aromatic heterocycles. The number of hydrogen-bond acceptors (Lipinski definition) is 4. The van der Waals surface area contributed by atoms with E-state index in [1.165, 1.54) is 12.8 Å². The minimum Gasteiger partial charge on any atom is -0.381 e. The van der Waals surface area contributed by atoms with Crippen molar-refractivity contribution in [1.29, 1.82) is 0 Å². The van der Waals surface area contributed by atoms with Gasteiger partial charge in [-0.2, -0.15) is 0 Å². The Balaban J connectivity index is 1.66. The fourth-order valence-corrected chi connectivity index (χ4v) is 3.64. The second-order valence-corrected chi connectivity index (χ2v) is 7.55. The molecule has 2 rings (SSSR count). The highest BCUT2D eigenvalue weighted by molar-refractivity contribution is 8.14. The standard InChI is InChI=1S/C13H24N2OS/c1-13(2,3)6-11-8-15-12(17-11)14-7-10-4-5-16-9-10/h10-11H,4-9H2,1-3H3,(H,14,15). The number of hydrogen-bond donors (Lipinski definition) is 1. The van der Waals surface area contributed by atoms with E-state index in [1.807, 2.05) is 11.8 Å². The summed E-state index contributed by atoms with van der Waals surface area (Å²) in [5.41, 5.74) is 0.405. The number of thioether (sulfide) groups is 1. The molecule has 0 saturated carbocycles. The van der Waals surface area contributed by atoms with E-state index >= 15 is 0 Å². The molecule has 2 heterocycles. The maximum absolute atomic E-state index is 5.37. The Labute approximate surface area is 109 Å². The molecule has 2 aliphatic rings. The molecule has 1 fully saturated rings. The van der Waals surface area contributed by atoms with Crippen molar-refractivity contribution < 1.29 is 4.74 Å². The average molecular weight is 256 g/mol. The Kier molecular flexibility index (Phi) is 4.36. The Morgan fingerprint density at radius 1 is 1.47 bits per heavy atom.